The molecule has 94 valence electrons. The van der Waals surface area contributed by atoms with Crippen LogP contribution < -0.4 is 5.32 Å². The number of nitrogens with zero attached hydrogens (tertiary/aromatic N) is 1. The predicted octanol–water partition coefficient (Wildman–Crippen LogP) is 1.73. The molecule has 2 atom stereocenters. The minimum Gasteiger partial charge on any atom is -0.443 e. The fourth-order valence-electron chi connectivity index (χ4n) is 1.53. The van der Waals surface area contributed by atoms with E-state index in [1.54, 1.807) is 34.6 Å². The molecule has 1 rings (SSSR count). The van der Waals surface area contributed by atoms with E-state index in [0.717, 1.165) is 4.90 Å². The first-order valence-corrected chi connectivity index (χ1v) is 5.51. The highest BCUT2D eigenvalue weighted by Crippen LogP contribution is 2.17. The SMILES string of the molecule is CC#C[C@H]1NC(=O)N(C(=O)OC(C)(C)C)[C@H]1C. The van der Waals surface area contributed by atoms with Crippen LogP contribution in [0.15, 0.2) is 0 Å². The third-order valence-electron chi connectivity index (χ3n) is 2.28. The van der Waals surface area contributed by atoms with Crippen LogP contribution >= 0.6 is 0 Å². The Hall–Kier alpha value is -1.70. The summed E-state index contributed by atoms with van der Waals surface area (Å²) in [6.07, 6.45) is -0.636. The second-order valence-electron chi connectivity index (χ2n) is 4.91. The molecule has 0 radical (unpaired) electrons. The third kappa shape index (κ3) is 3.13. The van der Waals surface area contributed by atoms with Crippen molar-refractivity contribution < 1.29 is 14.3 Å². The van der Waals surface area contributed by atoms with Gasteiger partial charge in [-0.25, -0.2) is 14.5 Å². The van der Waals surface area contributed by atoms with Crippen LogP contribution in [0, 0.1) is 11.8 Å². The largest absolute Gasteiger partial charge is 0.443 e. The molecular formula is C12H18N2O3. The maximum Gasteiger partial charge on any atom is 0.418 e. The Balaban J connectivity index is 2.80. The molecule has 1 N–H and O–H groups in total. The number of hydrogen-bond acceptors (Lipinski definition) is 3. The second-order valence-corrected chi connectivity index (χ2v) is 4.91. The lowest BCUT2D eigenvalue weighted by atomic mass is 10.1. The van der Waals surface area contributed by atoms with Gasteiger partial charge in [0.15, 0.2) is 0 Å². The first-order valence-electron chi connectivity index (χ1n) is 5.51. The van der Waals surface area contributed by atoms with E-state index in [1.807, 2.05) is 0 Å². The van der Waals surface area contributed by atoms with Gasteiger partial charge in [-0.3, -0.25) is 0 Å². The van der Waals surface area contributed by atoms with Gasteiger partial charge in [-0.2, -0.15) is 0 Å². The number of hydrogen-bond donors (Lipinski definition) is 1. The molecule has 0 bridgehead atoms. The van der Waals surface area contributed by atoms with Crippen LogP contribution in [0.1, 0.15) is 34.6 Å². The van der Waals surface area contributed by atoms with Crippen LogP contribution in [0.4, 0.5) is 9.59 Å². The summed E-state index contributed by atoms with van der Waals surface area (Å²) in [4.78, 5) is 24.5. The summed E-state index contributed by atoms with van der Waals surface area (Å²) in [6, 6.07) is -1.12. The van der Waals surface area contributed by atoms with Crippen molar-refractivity contribution in [3.63, 3.8) is 0 Å². The normalized spacial score (nSPS) is 23.8. The van der Waals surface area contributed by atoms with Gasteiger partial charge in [0.25, 0.3) is 0 Å². The van der Waals surface area contributed by atoms with E-state index in [2.05, 4.69) is 17.2 Å². The molecule has 17 heavy (non-hydrogen) atoms. The minimum atomic E-state index is -0.636. The second kappa shape index (κ2) is 4.66. The van der Waals surface area contributed by atoms with E-state index in [4.69, 9.17) is 4.74 Å². The van der Waals surface area contributed by atoms with E-state index < -0.39 is 17.7 Å². The Bertz CT molecular complexity index is 387. The number of urea groups is 1. The van der Waals surface area contributed by atoms with E-state index in [9.17, 15) is 9.59 Å². The summed E-state index contributed by atoms with van der Waals surface area (Å²) < 4.78 is 5.17. The molecule has 0 aromatic rings. The Morgan fingerprint density at radius 3 is 2.53 bits per heavy atom. The number of carbonyl (C=O) groups excluding carboxylic acids is 2. The molecule has 1 aliphatic heterocycles. The molecule has 0 spiro atoms. The average molecular weight is 238 g/mol. The lowest BCUT2D eigenvalue weighted by Gasteiger charge is -2.25. The number of rotatable bonds is 0. The predicted molar refractivity (Wildman–Crippen MR) is 63.3 cm³/mol. The van der Waals surface area contributed by atoms with E-state index in [0.29, 0.717) is 0 Å². The molecule has 3 amide bonds. The standard InChI is InChI=1S/C12H18N2O3/c1-6-7-9-8(2)14(10(15)13-9)11(16)17-12(3,4)5/h8-9H,1-5H3,(H,13,15)/t8-,9+/m0/s1. The fraction of sp³-hybridized carbons (Fsp3) is 0.667. The fourth-order valence-corrected chi connectivity index (χ4v) is 1.53. The van der Waals surface area contributed by atoms with Crippen molar-refractivity contribution in [1.29, 1.82) is 0 Å². The molecule has 1 aliphatic rings. The lowest BCUT2D eigenvalue weighted by molar-refractivity contribution is 0.0304. The summed E-state index contributed by atoms with van der Waals surface area (Å²) in [6.45, 7) is 8.72. The number of ether oxygens (including phenoxy) is 1. The van der Waals surface area contributed by atoms with E-state index >= 15 is 0 Å². The van der Waals surface area contributed by atoms with Gasteiger partial charge in [-0.05, 0) is 34.6 Å². The Morgan fingerprint density at radius 2 is 2.06 bits per heavy atom. The van der Waals surface area contributed by atoms with Gasteiger partial charge < -0.3 is 10.1 Å². The van der Waals surface area contributed by atoms with Gasteiger partial charge in [-0.15, -0.1) is 5.92 Å². The molecule has 5 nitrogen and oxygen atoms in total. The topological polar surface area (TPSA) is 58.6 Å². The highest BCUT2D eigenvalue weighted by molar-refractivity contribution is 5.94. The molecule has 0 aromatic heterocycles. The van der Waals surface area contributed by atoms with Crippen LogP contribution in [0.3, 0.4) is 0 Å². The number of imide groups is 1. The van der Waals surface area contributed by atoms with Crippen LogP contribution in [-0.2, 0) is 4.74 Å². The molecule has 1 fully saturated rings. The van der Waals surface area contributed by atoms with Crippen molar-refractivity contribution >= 4 is 12.1 Å². The van der Waals surface area contributed by atoms with Crippen molar-refractivity contribution in [3.8, 4) is 11.8 Å². The zero-order valence-corrected chi connectivity index (χ0v) is 10.8. The van der Waals surface area contributed by atoms with Crippen LogP contribution in [-0.4, -0.2) is 34.7 Å². The molecule has 1 saturated heterocycles. The molecular weight excluding hydrogens is 220 g/mol. The van der Waals surface area contributed by atoms with Gasteiger partial charge in [0.05, 0.1) is 6.04 Å². The van der Waals surface area contributed by atoms with Gasteiger partial charge in [0, 0.05) is 0 Å². The number of nitrogens with one attached hydrogen (secondary N) is 1. The van der Waals surface area contributed by atoms with Gasteiger partial charge in [-0.1, -0.05) is 5.92 Å². The molecule has 5 heteroatoms. The van der Waals surface area contributed by atoms with Crippen molar-refractivity contribution in [3.05, 3.63) is 0 Å². The summed E-state index contributed by atoms with van der Waals surface area (Å²) in [5, 5.41) is 2.63. The van der Waals surface area contributed by atoms with Crippen LogP contribution in [0.5, 0.6) is 0 Å². The average Bonchev–Trinajstić information content (AvgIpc) is 2.39. The Kier molecular flexibility index (Phi) is 3.66. The molecule has 0 saturated carbocycles. The number of amides is 3. The van der Waals surface area contributed by atoms with Crippen molar-refractivity contribution in [2.24, 2.45) is 0 Å². The Morgan fingerprint density at radius 1 is 1.47 bits per heavy atom. The third-order valence-corrected chi connectivity index (χ3v) is 2.28. The summed E-state index contributed by atoms with van der Waals surface area (Å²) in [5.41, 5.74) is -0.619. The van der Waals surface area contributed by atoms with Crippen molar-refractivity contribution in [1.82, 2.24) is 10.2 Å². The quantitative estimate of drug-likeness (QED) is 0.654. The van der Waals surface area contributed by atoms with Gasteiger partial charge in [0.1, 0.15) is 11.6 Å². The zero-order chi connectivity index (χ0) is 13.2. The Labute approximate surface area is 101 Å². The van der Waals surface area contributed by atoms with E-state index in [-0.39, 0.29) is 12.1 Å². The first-order chi connectivity index (χ1) is 7.76. The molecule has 0 unspecified atom stereocenters. The highest BCUT2D eigenvalue weighted by Gasteiger charge is 2.41. The number of carbonyl (C=O) groups is 2. The highest BCUT2D eigenvalue weighted by atomic mass is 16.6. The van der Waals surface area contributed by atoms with Gasteiger partial charge >= 0.3 is 12.1 Å². The summed E-state index contributed by atoms with van der Waals surface area (Å²) in [5.74, 6) is 5.57. The zero-order valence-electron chi connectivity index (χ0n) is 10.8. The maximum absolute atomic E-state index is 11.8. The van der Waals surface area contributed by atoms with Crippen molar-refractivity contribution in [2.75, 3.05) is 0 Å². The smallest absolute Gasteiger partial charge is 0.418 e. The molecule has 0 aromatic carbocycles. The molecule has 1 heterocycles. The van der Waals surface area contributed by atoms with Gasteiger partial charge in [0.2, 0.25) is 0 Å². The van der Waals surface area contributed by atoms with E-state index in [1.165, 1.54) is 0 Å². The van der Waals surface area contributed by atoms with Crippen LogP contribution in [0.2, 0.25) is 0 Å². The minimum absolute atomic E-state index is 0.329. The first kappa shape index (κ1) is 13.4. The van der Waals surface area contributed by atoms with Crippen molar-refractivity contribution in [2.45, 2.75) is 52.3 Å². The monoisotopic (exact) mass is 238 g/mol. The molecule has 0 aliphatic carbocycles. The maximum atomic E-state index is 11.8. The lowest BCUT2D eigenvalue weighted by Crippen LogP contribution is -2.42. The summed E-state index contributed by atoms with van der Waals surface area (Å²) in [7, 11) is 0. The summed E-state index contributed by atoms with van der Waals surface area (Å²) >= 11 is 0. The van der Waals surface area contributed by atoms with Crippen LogP contribution in [0.25, 0.3) is 0 Å².